The molecule has 1 heterocycles. The number of carbonyl (C=O) groups is 1. The van der Waals surface area contributed by atoms with Crippen LogP contribution in [0.5, 0.6) is 0 Å². The molecule has 8 nitrogen and oxygen atoms in total. The molecule has 0 atom stereocenters. The van der Waals surface area contributed by atoms with Crippen molar-refractivity contribution in [2.75, 3.05) is 10.2 Å². The summed E-state index contributed by atoms with van der Waals surface area (Å²) < 4.78 is 0. The van der Waals surface area contributed by atoms with E-state index in [4.69, 9.17) is 16.5 Å². The lowest BCUT2D eigenvalue weighted by molar-refractivity contribution is 0.244. The van der Waals surface area contributed by atoms with Gasteiger partial charge in [-0.05, 0) is 62.8 Å². The van der Waals surface area contributed by atoms with E-state index in [-0.39, 0.29) is 18.0 Å². The molecule has 0 saturated heterocycles. The molecule has 2 saturated carbocycles. The molecule has 156 valence electrons. The van der Waals surface area contributed by atoms with Crippen molar-refractivity contribution in [3.63, 3.8) is 0 Å². The molecular formula is C21H31N7O. The number of rotatable bonds is 3. The molecule has 2 amide bonds. The van der Waals surface area contributed by atoms with Gasteiger partial charge in [0.1, 0.15) is 5.66 Å². The van der Waals surface area contributed by atoms with Crippen LogP contribution in [-0.2, 0) is 0 Å². The third-order valence-corrected chi connectivity index (χ3v) is 6.18. The zero-order chi connectivity index (χ0) is 20.3. The fourth-order valence-corrected chi connectivity index (χ4v) is 4.79. The lowest BCUT2D eigenvalue weighted by Gasteiger charge is -2.45. The summed E-state index contributed by atoms with van der Waals surface area (Å²) in [7, 11) is 0. The average Bonchev–Trinajstić information content (AvgIpc) is 2.70. The Labute approximate surface area is 171 Å². The molecule has 8 heteroatoms. The Morgan fingerprint density at radius 3 is 2.34 bits per heavy atom. The summed E-state index contributed by atoms with van der Waals surface area (Å²) in [6.07, 6.45) is 10.9. The van der Waals surface area contributed by atoms with E-state index in [0.29, 0.717) is 5.96 Å². The van der Waals surface area contributed by atoms with Crippen molar-refractivity contribution in [2.45, 2.75) is 75.9 Å². The Hall–Kier alpha value is -2.77. The summed E-state index contributed by atoms with van der Waals surface area (Å²) >= 11 is 0. The number of amides is 2. The molecule has 4 rings (SSSR count). The third kappa shape index (κ3) is 4.31. The smallest absolute Gasteiger partial charge is 0.319 e. The lowest BCUT2D eigenvalue weighted by Crippen LogP contribution is -2.58. The van der Waals surface area contributed by atoms with Crippen molar-refractivity contribution in [3.8, 4) is 0 Å². The summed E-state index contributed by atoms with van der Waals surface area (Å²) in [5.74, 6) is 0.619. The van der Waals surface area contributed by atoms with Crippen molar-refractivity contribution in [1.29, 1.82) is 0 Å². The van der Waals surface area contributed by atoms with E-state index in [2.05, 4.69) is 15.6 Å². The normalized spacial score (nSPS) is 22.0. The van der Waals surface area contributed by atoms with E-state index in [0.717, 1.165) is 49.9 Å². The Kier molecular flexibility index (Phi) is 5.60. The molecular weight excluding hydrogens is 366 g/mol. The predicted octanol–water partition coefficient (Wildman–Crippen LogP) is 3.25. The van der Waals surface area contributed by atoms with Crippen molar-refractivity contribution >= 4 is 29.3 Å². The second kappa shape index (κ2) is 8.31. The first-order chi connectivity index (χ1) is 14.1. The summed E-state index contributed by atoms with van der Waals surface area (Å²) in [5.41, 5.74) is 13.4. The Balaban J connectivity index is 1.46. The average molecular weight is 398 g/mol. The molecule has 0 radical (unpaired) electrons. The van der Waals surface area contributed by atoms with Gasteiger partial charge in [-0.1, -0.05) is 25.7 Å². The quantitative estimate of drug-likeness (QED) is 0.625. The van der Waals surface area contributed by atoms with Crippen LogP contribution in [-0.4, -0.2) is 29.7 Å². The summed E-state index contributed by atoms with van der Waals surface area (Å²) in [4.78, 5) is 23.2. The first kappa shape index (κ1) is 19.5. The number of nitrogens with one attached hydrogen (secondary N) is 2. The number of nitrogens with two attached hydrogens (primary N) is 2. The first-order valence-corrected chi connectivity index (χ1v) is 10.7. The zero-order valence-corrected chi connectivity index (χ0v) is 16.9. The summed E-state index contributed by atoms with van der Waals surface area (Å²) in [5, 5.41) is 6.00. The second-order valence-corrected chi connectivity index (χ2v) is 8.30. The van der Waals surface area contributed by atoms with E-state index in [9.17, 15) is 4.79 Å². The maximum Gasteiger partial charge on any atom is 0.319 e. The largest absolute Gasteiger partial charge is 0.369 e. The lowest BCUT2D eigenvalue weighted by atomic mass is 9.87. The topological polar surface area (TPSA) is 121 Å². The van der Waals surface area contributed by atoms with E-state index in [1.807, 2.05) is 29.2 Å². The van der Waals surface area contributed by atoms with Crippen molar-refractivity contribution < 1.29 is 4.79 Å². The van der Waals surface area contributed by atoms with Crippen LogP contribution in [0.25, 0.3) is 0 Å². The van der Waals surface area contributed by atoms with Crippen LogP contribution >= 0.6 is 0 Å². The molecule has 1 aliphatic heterocycles. The predicted molar refractivity (Wildman–Crippen MR) is 117 cm³/mol. The van der Waals surface area contributed by atoms with E-state index in [1.165, 1.54) is 25.7 Å². The number of guanidine groups is 2. The third-order valence-electron chi connectivity index (χ3n) is 6.18. The minimum Gasteiger partial charge on any atom is -0.369 e. The molecule has 3 aliphatic rings. The molecule has 2 aliphatic carbocycles. The Morgan fingerprint density at radius 2 is 1.66 bits per heavy atom. The van der Waals surface area contributed by atoms with Gasteiger partial charge in [0.25, 0.3) is 0 Å². The number of hydrogen-bond acceptors (Lipinski definition) is 6. The summed E-state index contributed by atoms with van der Waals surface area (Å²) in [6.45, 7) is 0. The highest BCUT2D eigenvalue weighted by Gasteiger charge is 2.42. The minimum absolute atomic E-state index is 0.148. The first-order valence-electron chi connectivity index (χ1n) is 10.7. The number of anilines is 2. The van der Waals surface area contributed by atoms with Gasteiger partial charge in [0.2, 0.25) is 11.9 Å². The van der Waals surface area contributed by atoms with Crippen molar-refractivity contribution in [3.05, 3.63) is 24.3 Å². The molecule has 2 fully saturated rings. The van der Waals surface area contributed by atoms with E-state index in [1.54, 1.807) is 0 Å². The van der Waals surface area contributed by atoms with Gasteiger partial charge in [-0.2, -0.15) is 4.99 Å². The number of urea groups is 1. The molecule has 0 unspecified atom stereocenters. The van der Waals surface area contributed by atoms with Gasteiger partial charge in [-0.15, -0.1) is 0 Å². The summed E-state index contributed by atoms with van der Waals surface area (Å²) in [6, 6.07) is 7.81. The van der Waals surface area contributed by atoms with Gasteiger partial charge >= 0.3 is 6.03 Å². The van der Waals surface area contributed by atoms with E-state index >= 15 is 0 Å². The number of carbonyl (C=O) groups excluding carboxylic acids is 1. The van der Waals surface area contributed by atoms with Crippen LogP contribution in [0.1, 0.15) is 64.2 Å². The number of nitrogens with zero attached hydrogens (tertiary/aromatic N) is 3. The highest BCUT2D eigenvalue weighted by molar-refractivity contribution is 6.05. The van der Waals surface area contributed by atoms with Crippen LogP contribution in [0.4, 0.5) is 16.2 Å². The van der Waals surface area contributed by atoms with Crippen LogP contribution in [0.15, 0.2) is 34.3 Å². The van der Waals surface area contributed by atoms with E-state index < -0.39 is 5.66 Å². The van der Waals surface area contributed by atoms with Crippen LogP contribution in [0, 0.1) is 0 Å². The SMILES string of the molecule is NC1=NC2(CCCCC2)N(c2ccc(NC(=O)NC3CCCCC3)cc2)C(N)=N1. The standard InChI is InChI=1S/C21H31N7O/c22-18-26-19(23)28(21(27-18)13-5-2-6-14-21)17-11-9-16(10-12-17)25-20(29)24-15-7-3-1-4-8-15/h9-12,15H,1-8,13-14H2,(H2,24,25,29)(H4,22,23,26,27). The van der Waals surface area contributed by atoms with Gasteiger partial charge in [0, 0.05) is 17.4 Å². The number of hydrogen-bond donors (Lipinski definition) is 4. The van der Waals surface area contributed by atoms with Crippen molar-refractivity contribution in [2.24, 2.45) is 21.5 Å². The number of benzene rings is 1. The second-order valence-electron chi connectivity index (χ2n) is 8.30. The van der Waals surface area contributed by atoms with Gasteiger partial charge in [0.05, 0.1) is 0 Å². The fraction of sp³-hybridized carbons (Fsp3) is 0.571. The molecule has 6 N–H and O–H groups in total. The van der Waals surface area contributed by atoms with Gasteiger partial charge in [0.15, 0.2) is 0 Å². The van der Waals surface area contributed by atoms with Crippen LogP contribution < -0.4 is 27.0 Å². The molecule has 29 heavy (non-hydrogen) atoms. The van der Waals surface area contributed by atoms with Gasteiger partial charge in [-0.25, -0.2) is 9.79 Å². The molecule has 1 aromatic rings. The zero-order valence-electron chi connectivity index (χ0n) is 16.9. The highest BCUT2D eigenvalue weighted by Crippen LogP contribution is 2.39. The molecule has 1 spiro atoms. The fourth-order valence-electron chi connectivity index (χ4n) is 4.79. The Morgan fingerprint density at radius 1 is 1.00 bits per heavy atom. The minimum atomic E-state index is -0.457. The molecule has 1 aromatic carbocycles. The maximum absolute atomic E-state index is 12.3. The highest BCUT2D eigenvalue weighted by atomic mass is 16.2. The molecule has 0 aromatic heterocycles. The Bertz CT molecular complexity index is 790. The monoisotopic (exact) mass is 397 g/mol. The number of aliphatic imine (C=N–C) groups is 2. The molecule has 0 bridgehead atoms. The van der Waals surface area contributed by atoms with Crippen molar-refractivity contribution in [1.82, 2.24) is 5.32 Å². The van der Waals surface area contributed by atoms with Gasteiger partial charge < -0.3 is 22.1 Å². The maximum atomic E-state index is 12.3. The van der Waals surface area contributed by atoms with Crippen LogP contribution in [0.2, 0.25) is 0 Å². The van der Waals surface area contributed by atoms with Gasteiger partial charge in [-0.3, -0.25) is 4.90 Å². The van der Waals surface area contributed by atoms with Crippen LogP contribution in [0.3, 0.4) is 0 Å².